The van der Waals surface area contributed by atoms with Gasteiger partial charge in [0.25, 0.3) is 5.19 Å². The van der Waals surface area contributed by atoms with Crippen LogP contribution in [0, 0.1) is 17.1 Å². The highest BCUT2D eigenvalue weighted by Gasteiger charge is 2.21. The number of aromatic nitrogens is 3. The van der Waals surface area contributed by atoms with E-state index in [1.54, 1.807) is 12.1 Å². The summed E-state index contributed by atoms with van der Waals surface area (Å²) in [5.74, 6) is 0.628. The second-order valence-electron chi connectivity index (χ2n) is 8.20. The molecule has 4 heterocycles. The molecular formula is C24H24FN5O2S. The van der Waals surface area contributed by atoms with Crippen LogP contribution in [0.4, 0.5) is 4.39 Å². The Morgan fingerprint density at radius 2 is 2.27 bits per heavy atom. The Hall–Kier alpha value is -3.06. The highest BCUT2D eigenvalue weighted by atomic mass is 32.1. The minimum Gasteiger partial charge on any atom is -0.465 e. The lowest BCUT2D eigenvalue weighted by molar-refractivity contribution is -0.0597. The van der Waals surface area contributed by atoms with Crippen molar-refractivity contribution in [2.75, 3.05) is 19.7 Å². The maximum atomic E-state index is 14.0. The van der Waals surface area contributed by atoms with Gasteiger partial charge in [0.2, 0.25) is 0 Å². The Bertz CT molecular complexity index is 1190. The van der Waals surface area contributed by atoms with Gasteiger partial charge in [0.15, 0.2) is 0 Å². The van der Waals surface area contributed by atoms with E-state index in [0.29, 0.717) is 22.4 Å². The van der Waals surface area contributed by atoms with Crippen LogP contribution in [-0.2, 0) is 24.4 Å². The van der Waals surface area contributed by atoms with E-state index < -0.39 is 5.82 Å². The third kappa shape index (κ3) is 5.14. The van der Waals surface area contributed by atoms with E-state index in [-0.39, 0.29) is 6.61 Å². The molecule has 1 atom stereocenters. The first kappa shape index (κ1) is 21.8. The largest absolute Gasteiger partial charge is 0.465 e. The first-order valence-corrected chi connectivity index (χ1v) is 11.9. The number of rotatable bonds is 8. The Labute approximate surface area is 195 Å². The molecule has 2 aliphatic rings. The van der Waals surface area contributed by atoms with Crippen molar-refractivity contribution < 1.29 is 13.9 Å². The van der Waals surface area contributed by atoms with Gasteiger partial charge in [0, 0.05) is 43.0 Å². The molecule has 2 aliphatic heterocycles. The van der Waals surface area contributed by atoms with E-state index in [1.807, 2.05) is 23.8 Å². The second kappa shape index (κ2) is 9.83. The molecule has 9 heteroatoms. The number of thiazole rings is 1. The molecule has 7 nitrogen and oxygen atoms in total. The Kier molecular flexibility index (Phi) is 6.48. The van der Waals surface area contributed by atoms with Gasteiger partial charge in [-0.15, -0.1) is 0 Å². The van der Waals surface area contributed by atoms with Crippen LogP contribution >= 0.6 is 11.3 Å². The summed E-state index contributed by atoms with van der Waals surface area (Å²) in [6.07, 6.45) is 8.45. The molecule has 0 radical (unpaired) electrons. The fourth-order valence-corrected chi connectivity index (χ4v) is 4.63. The van der Waals surface area contributed by atoms with E-state index in [4.69, 9.17) is 14.7 Å². The minimum absolute atomic E-state index is 0.0792. The van der Waals surface area contributed by atoms with Crippen molar-refractivity contribution in [3.8, 4) is 11.3 Å². The van der Waals surface area contributed by atoms with Crippen LogP contribution in [0.5, 0.6) is 5.19 Å². The molecule has 0 saturated carbocycles. The number of imidazole rings is 1. The summed E-state index contributed by atoms with van der Waals surface area (Å²) in [5.41, 5.74) is 2.81. The third-order valence-corrected chi connectivity index (χ3v) is 6.75. The zero-order valence-electron chi connectivity index (χ0n) is 18.1. The maximum absolute atomic E-state index is 14.0. The van der Waals surface area contributed by atoms with Crippen molar-refractivity contribution in [2.24, 2.45) is 0 Å². The van der Waals surface area contributed by atoms with Gasteiger partial charge < -0.3 is 14.0 Å². The monoisotopic (exact) mass is 465 g/mol. The summed E-state index contributed by atoms with van der Waals surface area (Å²) in [5, 5.41) is 11.3. The van der Waals surface area contributed by atoms with Gasteiger partial charge in [0.1, 0.15) is 18.2 Å². The van der Waals surface area contributed by atoms with Crippen LogP contribution in [-0.4, -0.2) is 45.2 Å². The van der Waals surface area contributed by atoms with Crippen LogP contribution in [0.3, 0.4) is 0 Å². The van der Waals surface area contributed by atoms with Crippen LogP contribution in [0.15, 0.2) is 42.0 Å². The quantitative estimate of drug-likeness (QED) is 0.500. The molecule has 0 amide bonds. The van der Waals surface area contributed by atoms with Crippen molar-refractivity contribution in [3.05, 3.63) is 70.5 Å². The van der Waals surface area contributed by atoms with Crippen LogP contribution < -0.4 is 4.74 Å². The van der Waals surface area contributed by atoms with E-state index in [2.05, 4.69) is 25.5 Å². The summed E-state index contributed by atoms with van der Waals surface area (Å²) >= 11 is 1.41. The highest BCUT2D eigenvalue weighted by molar-refractivity contribution is 7.11. The lowest BCUT2D eigenvalue weighted by Crippen LogP contribution is -2.33. The fourth-order valence-electron chi connectivity index (χ4n) is 3.94. The molecule has 1 fully saturated rings. The van der Waals surface area contributed by atoms with Crippen molar-refractivity contribution in [2.45, 2.75) is 38.6 Å². The molecule has 1 saturated heterocycles. The van der Waals surface area contributed by atoms with Crippen molar-refractivity contribution >= 4 is 16.9 Å². The molecule has 170 valence electrons. The molecular weight excluding hydrogens is 441 g/mol. The molecule has 0 aliphatic carbocycles. The minimum atomic E-state index is -0.443. The highest BCUT2D eigenvalue weighted by Crippen LogP contribution is 2.28. The number of ether oxygens (including phenoxy) is 2. The number of hydrogen-bond donors (Lipinski definition) is 0. The third-order valence-electron chi connectivity index (χ3n) is 6.00. The Morgan fingerprint density at radius 1 is 1.36 bits per heavy atom. The molecule has 0 spiro atoms. The number of nitrogens with zero attached hydrogens (tertiary/aromatic N) is 5. The first-order chi connectivity index (χ1) is 16.2. The average Bonchev–Trinajstić information content (AvgIpc) is 3.45. The second-order valence-corrected chi connectivity index (χ2v) is 9.02. The van der Waals surface area contributed by atoms with Crippen molar-refractivity contribution in [3.63, 3.8) is 0 Å². The van der Waals surface area contributed by atoms with Gasteiger partial charge in [0.05, 0.1) is 36.5 Å². The van der Waals surface area contributed by atoms with Crippen LogP contribution in [0.1, 0.15) is 35.5 Å². The van der Waals surface area contributed by atoms with Crippen LogP contribution in [0.25, 0.3) is 5.57 Å². The van der Waals surface area contributed by atoms with E-state index in [1.165, 1.54) is 23.0 Å². The zero-order valence-corrected chi connectivity index (χ0v) is 18.9. The summed E-state index contributed by atoms with van der Waals surface area (Å²) in [6, 6.07) is 6.31. The number of benzene rings is 1. The Balaban J connectivity index is 1.15. The Morgan fingerprint density at radius 3 is 3.00 bits per heavy atom. The molecule has 3 aromatic rings. The molecule has 2 aromatic heterocycles. The summed E-state index contributed by atoms with van der Waals surface area (Å²) in [4.78, 5) is 11.5. The summed E-state index contributed by atoms with van der Waals surface area (Å²) in [6.45, 7) is 4.40. The van der Waals surface area contributed by atoms with E-state index in [0.717, 1.165) is 57.1 Å². The number of nitriles is 1. The number of halogens is 1. The first-order valence-electron chi connectivity index (χ1n) is 11.0. The van der Waals surface area contributed by atoms with Crippen molar-refractivity contribution in [1.82, 2.24) is 19.4 Å². The maximum Gasteiger partial charge on any atom is 0.274 e. The van der Waals surface area contributed by atoms with Gasteiger partial charge in [-0.05, 0) is 30.5 Å². The topological polar surface area (TPSA) is 76.2 Å². The molecule has 0 bridgehead atoms. The van der Waals surface area contributed by atoms with Crippen LogP contribution in [0.2, 0.25) is 0 Å². The zero-order chi connectivity index (χ0) is 22.6. The summed E-state index contributed by atoms with van der Waals surface area (Å²) < 4.78 is 27.5. The molecule has 1 aromatic carbocycles. The predicted octanol–water partition coefficient (Wildman–Crippen LogP) is 4.01. The smallest absolute Gasteiger partial charge is 0.274 e. The standard InChI is InChI=1S/C24H24FN5O2S/c25-21-11-17(12-26)1-2-19(21)15-32-24-28-22(16-33-24)18-3-7-29(8-4-18)14-23-27-6-9-30(23)13-20-5-10-31-20/h1-3,6,9,11,16,20H,4-5,7-8,10,13-15H2/t20-/m0/s1. The lowest BCUT2D eigenvalue weighted by Gasteiger charge is -2.29. The van der Waals surface area contributed by atoms with Gasteiger partial charge in [-0.2, -0.15) is 5.26 Å². The lowest BCUT2D eigenvalue weighted by atomic mass is 10.1. The van der Waals surface area contributed by atoms with E-state index in [9.17, 15) is 4.39 Å². The molecule has 5 rings (SSSR count). The van der Waals surface area contributed by atoms with Gasteiger partial charge in [-0.1, -0.05) is 23.5 Å². The van der Waals surface area contributed by atoms with Gasteiger partial charge in [-0.3, -0.25) is 4.90 Å². The average molecular weight is 466 g/mol. The fraction of sp³-hybridized carbons (Fsp3) is 0.375. The normalized spacial score (nSPS) is 18.4. The van der Waals surface area contributed by atoms with Gasteiger partial charge in [-0.25, -0.2) is 14.4 Å². The SMILES string of the molecule is N#Cc1ccc(COc2nc(C3=CCN(Cc4nccn4C[C@@H]4CCO4)CC3)cs2)c(F)c1. The van der Waals surface area contributed by atoms with E-state index >= 15 is 0 Å². The predicted molar refractivity (Wildman–Crippen MR) is 122 cm³/mol. The molecule has 0 N–H and O–H groups in total. The summed E-state index contributed by atoms with van der Waals surface area (Å²) in [7, 11) is 0. The van der Waals surface area contributed by atoms with Gasteiger partial charge >= 0.3 is 0 Å². The molecule has 0 unspecified atom stereocenters. The molecule has 33 heavy (non-hydrogen) atoms. The van der Waals surface area contributed by atoms with Crippen molar-refractivity contribution in [1.29, 1.82) is 5.26 Å². The number of hydrogen-bond acceptors (Lipinski definition) is 7.